The van der Waals surface area contributed by atoms with Crippen LogP contribution in [0.2, 0.25) is 10.0 Å². The fraction of sp³-hybridized carbons (Fsp3) is 0.143. The Kier molecular flexibility index (Phi) is 2.08. The Morgan fingerprint density at radius 1 is 0.722 bits per heavy atom. The lowest BCUT2D eigenvalue weighted by Gasteiger charge is -2.23. The summed E-state index contributed by atoms with van der Waals surface area (Å²) in [6, 6.07) is 12.2. The Bertz CT molecular complexity index is 597. The van der Waals surface area contributed by atoms with Gasteiger partial charge in [-0.25, -0.2) is 0 Å². The monoisotopic (exact) mass is 276 g/mol. The normalized spacial score (nSPS) is 15.7. The number of hydrazine groups is 1. The largest absolute Gasteiger partial charge is 0.280 e. The summed E-state index contributed by atoms with van der Waals surface area (Å²) in [5, 5.41) is 6.17. The van der Waals surface area contributed by atoms with Gasteiger partial charge in [-0.05, 0) is 36.4 Å². The molecular weight excluding hydrogens is 267 g/mol. The zero-order chi connectivity index (χ0) is 12.3. The van der Waals surface area contributed by atoms with Crippen LogP contribution in [0, 0.1) is 0 Å². The minimum atomic E-state index is 0.799. The second-order valence-electron chi connectivity index (χ2n) is 4.66. The second kappa shape index (κ2) is 3.56. The zero-order valence-corrected chi connectivity index (χ0v) is 11.0. The summed E-state index contributed by atoms with van der Waals surface area (Å²) in [4.78, 5) is 0. The molecule has 0 aromatic heterocycles. The summed E-state index contributed by atoms with van der Waals surface area (Å²) >= 11 is 12.1. The lowest BCUT2D eigenvalue weighted by atomic mass is 10.1. The van der Waals surface area contributed by atoms with E-state index in [-0.39, 0.29) is 0 Å². The molecule has 0 bridgehead atoms. The van der Waals surface area contributed by atoms with E-state index in [2.05, 4.69) is 22.2 Å². The number of fused-ring (bicyclic) bond motifs is 5. The molecule has 0 unspecified atom stereocenters. The van der Waals surface area contributed by atoms with Crippen LogP contribution in [0.4, 0.5) is 11.4 Å². The van der Waals surface area contributed by atoms with Gasteiger partial charge in [0.25, 0.3) is 0 Å². The van der Waals surface area contributed by atoms with Crippen LogP contribution in [0.3, 0.4) is 0 Å². The molecule has 0 radical (unpaired) electrons. The van der Waals surface area contributed by atoms with Gasteiger partial charge in [0.2, 0.25) is 0 Å². The molecule has 2 nitrogen and oxygen atoms in total. The van der Waals surface area contributed by atoms with Gasteiger partial charge in [0.1, 0.15) is 0 Å². The minimum absolute atomic E-state index is 0.799. The highest BCUT2D eigenvalue weighted by Crippen LogP contribution is 2.43. The third-order valence-electron chi connectivity index (χ3n) is 3.57. The fourth-order valence-electron chi connectivity index (χ4n) is 2.79. The third-order valence-corrected chi connectivity index (χ3v) is 4.04. The predicted molar refractivity (Wildman–Crippen MR) is 75.3 cm³/mol. The number of hydrogen-bond donors (Lipinski definition) is 0. The molecule has 90 valence electrons. The molecular formula is C14H10Cl2N2. The second-order valence-corrected chi connectivity index (χ2v) is 5.53. The van der Waals surface area contributed by atoms with Crippen molar-refractivity contribution < 1.29 is 0 Å². The lowest BCUT2D eigenvalue weighted by Crippen LogP contribution is -2.30. The van der Waals surface area contributed by atoms with Crippen LogP contribution in [0.15, 0.2) is 36.4 Å². The quantitative estimate of drug-likeness (QED) is 0.710. The van der Waals surface area contributed by atoms with E-state index in [4.69, 9.17) is 23.2 Å². The van der Waals surface area contributed by atoms with Crippen LogP contribution in [0.5, 0.6) is 0 Å². The molecule has 0 spiro atoms. The van der Waals surface area contributed by atoms with E-state index in [0.717, 1.165) is 23.1 Å². The maximum absolute atomic E-state index is 6.05. The van der Waals surface area contributed by atoms with Gasteiger partial charge in [0.15, 0.2) is 0 Å². The molecule has 2 aliphatic rings. The fourth-order valence-corrected chi connectivity index (χ4v) is 3.18. The van der Waals surface area contributed by atoms with Crippen molar-refractivity contribution in [3.63, 3.8) is 0 Å². The van der Waals surface area contributed by atoms with Crippen molar-refractivity contribution in [2.45, 2.75) is 13.1 Å². The van der Waals surface area contributed by atoms with Crippen LogP contribution >= 0.6 is 23.2 Å². The van der Waals surface area contributed by atoms with Crippen LogP contribution in [0.25, 0.3) is 0 Å². The summed E-state index contributed by atoms with van der Waals surface area (Å²) in [5.41, 5.74) is 5.05. The van der Waals surface area contributed by atoms with Gasteiger partial charge in [0, 0.05) is 21.2 Å². The summed E-state index contributed by atoms with van der Waals surface area (Å²) < 4.78 is 0. The Labute approximate surface area is 115 Å². The van der Waals surface area contributed by atoms with E-state index in [1.807, 2.05) is 24.3 Å². The molecule has 2 heterocycles. The Morgan fingerprint density at radius 2 is 1.17 bits per heavy atom. The molecule has 0 N–H and O–H groups in total. The highest BCUT2D eigenvalue weighted by Gasteiger charge is 2.34. The van der Waals surface area contributed by atoms with Crippen LogP contribution in [-0.4, -0.2) is 0 Å². The lowest BCUT2D eigenvalue weighted by molar-refractivity contribution is 0.818. The first-order valence-electron chi connectivity index (χ1n) is 5.84. The molecule has 0 saturated carbocycles. The molecule has 0 atom stereocenters. The van der Waals surface area contributed by atoms with Crippen LogP contribution in [0.1, 0.15) is 11.1 Å². The molecule has 2 aromatic rings. The average Bonchev–Trinajstić information content (AvgIpc) is 2.83. The summed E-state index contributed by atoms with van der Waals surface area (Å²) in [7, 11) is 0. The van der Waals surface area contributed by atoms with Gasteiger partial charge in [-0.15, -0.1) is 0 Å². The van der Waals surface area contributed by atoms with Crippen molar-refractivity contribution >= 4 is 34.6 Å². The topological polar surface area (TPSA) is 6.48 Å². The first-order chi connectivity index (χ1) is 8.72. The Balaban J connectivity index is 1.82. The van der Waals surface area contributed by atoms with Gasteiger partial charge in [-0.2, -0.15) is 0 Å². The first-order valence-corrected chi connectivity index (χ1v) is 6.60. The van der Waals surface area contributed by atoms with Crippen molar-refractivity contribution in [1.82, 2.24) is 0 Å². The SMILES string of the molecule is Clc1ccc2c(c1)CN1c3ccc(Cl)cc3CN21. The van der Waals surface area contributed by atoms with Crippen LogP contribution < -0.4 is 10.0 Å². The van der Waals surface area contributed by atoms with Gasteiger partial charge in [0.05, 0.1) is 24.5 Å². The van der Waals surface area contributed by atoms with E-state index >= 15 is 0 Å². The third kappa shape index (κ3) is 1.36. The Morgan fingerprint density at radius 3 is 1.61 bits per heavy atom. The number of benzene rings is 2. The number of nitrogens with zero attached hydrogens (tertiary/aromatic N) is 2. The van der Waals surface area contributed by atoms with Gasteiger partial charge in [-0.1, -0.05) is 23.2 Å². The van der Waals surface area contributed by atoms with Gasteiger partial charge in [-0.3, -0.25) is 10.0 Å². The maximum Gasteiger partial charge on any atom is 0.0668 e. The molecule has 0 aliphatic carbocycles. The van der Waals surface area contributed by atoms with Crippen molar-refractivity contribution in [2.24, 2.45) is 0 Å². The average molecular weight is 277 g/mol. The van der Waals surface area contributed by atoms with E-state index in [1.165, 1.54) is 22.5 Å². The van der Waals surface area contributed by atoms with E-state index in [1.54, 1.807) is 0 Å². The molecule has 2 aromatic carbocycles. The Hall–Kier alpha value is -1.38. The van der Waals surface area contributed by atoms with Gasteiger partial charge >= 0.3 is 0 Å². The highest BCUT2D eigenvalue weighted by atomic mass is 35.5. The molecule has 2 aliphatic heterocycles. The maximum atomic E-state index is 6.05. The first kappa shape index (κ1) is 10.5. The summed E-state index contributed by atoms with van der Waals surface area (Å²) in [5.74, 6) is 0. The van der Waals surface area contributed by atoms with E-state index in [9.17, 15) is 0 Å². The minimum Gasteiger partial charge on any atom is -0.280 e. The van der Waals surface area contributed by atoms with Crippen molar-refractivity contribution in [2.75, 3.05) is 10.0 Å². The van der Waals surface area contributed by atoms with Crippen molar-refractivity contribution in [3.8, 4) is 0 Å². The molecule has 4 rings (SSSR count). The summed E-state index contributed by atoms with van der Waals surface area (Å²) in [6.07, 6.45) is 0. The van der Waals surface area contributed by atoms with E-state index in [0.29, 0.717) is 0 Å². The zero-order valence-electron chi connectivity index (χ0n) is 9.53. The molecule has 18 heavy (non-hydrogen) atoms. The van der Waals surface area contributed by atoms with E-state index < -0.39 is 0 Å². The summed E-state index contributed by atoms with van der Waals surface area (Å²) in [6.45, 7) is 1.76. The highest BCUT2D eigenvalue weighted by molar-refractivity contribution is 6.31. The molecule has 0 fully saturated rings. The number of anilines is 2. The smallest absolute Gasteiger partial charge is 0.0668 e. The van der Waals surface area contributed by atoms with Crippen molar-refractivity contribution in [3.05, 3.63) is 57.6 Å². The molecule has 4 heteroatoms. The van der Waals surface area contributed by atoms with Crippen molar-refractivity contribution in [1.29, 1.82) is 0 Å². The van der Waals surface area contributed by atoms with Gasteiger partial charge < -0.3 is 0 Å². The number of hydrogen-bond acceptors (Lipinski definition) is 2. The predicted octanol–water partition coefficient (Wildman–Crippen LogP) is 4.25. The standard InChI is InChI=1S/C14H10Cl2N2/c15-11-1-3-13-9(5-11)7-18-14-4-2-12(16)6-10(14)8-17(13)18/h1-6H,7-8H2. The van der Waals surface area contributed by atoms with Crippen LogP contribution in [-0.2, 0) is 13.1 Å². The number of rotatable bonds is 0. The molecule has 0 amide bonds. The molecule has 0 saturated heterocycles. The number of halogens is 2.